The van der Waals surface area contributed by atoms with Crippen molar-refractivity contribution in [3.63, 3.8) is 0 Å². The fraction of sp³-hybridized carbons (Fsp3) is 0.500. The van der Waals surface area contributed by atoms with Gasteiger partial charge in [0.25, 0.3) is 5.91 Å². The third kappa shape index (κ3) is 3.22. The van der Waals surface area contributed by atoms with Gasteiger partial charge in [0.1, 0.15) is 11.8 Å². The molecular formula is C16H23N3O3. The van der Waals surface area contributed by atoms with Gasteiger partial charge in [0, 0.05) is 33.7 Å². The molecule has 120 valence electrons. The van der Waals surface area contributed by atoms with Crippen LogP contribution in [0.15, 0.2) is 24.3 Å². The van der Waals surface area contributed by atoms with Gasteiger partial charge in [0.05, 0.1) is 12.7 Å². The van der Waals surface area contributed by atoms with Gasteiger partial charge in [-0.1, -0.05) is 12.1 Å². The van der Waals surface area contributed by atoms with Crippen molar-refractivity contribution in [1.29, 1.82) is 0 Å². The third-order valence-electron chi connectivity index (χ3n) is 4.00. The number of hydrogen-bond acceptors (Lipinski definition) is 4. The van der Waals surface area contributed by atoms with E-state index in [0.29, 0.717) is 30.9 Å². The monoisotopic (exact) mass is 305 g/mol. The third-order valence-corrected chi connectivity index (χ3v) is 4.00. The lowest BCUT2D eigenvalue weighted by Crippen LogP contribution is -2.58. The summed E-state index contributed by atoms with van der Waals surface area (Å²) in [7, 11) is 6.93. The largest absolute Gasteiger partial charge is 0.496 e. The molecule has 0 unspecified atom stereocenters. The molecule has 2 amide bonds. The Morgan fingerprint density at radius 3 is 2.55 bits per heavy atom. The maximum atomic E-state index is 12.7. The number of carbonyl (C=O) groups is 2. The van der Waals surface area contributed by atoms with E-state index >= 15 is 0 Å². The molecule has 1 atom stereocenters. The Hall–Kier alpha value is -2.08. The molecule has 6 nitrogen and oxygen atoms in total. The van der Waals surface area contributed by atoms with Gasteiger partial charge in [-0.25, -0.2) is 0 Å². The Morgan fingerprint density at radius 1 is 1.23 bits per heavy atom. The summed E-state index contributed by atoms with van der Waals surface area (Å²) in [6.07, 6.45) is 0. The second-order valence-electron chi connectivity index (χ2n) is 5.68. The van der Waals surface area contributed by atoms with E-state index in [4.69, 9.17) is 4.74 Å². The lowest BCUT2D eigenvalue weighted by molar-refractivity contribution is -0.135. The molecule has 0 bridgehead atoms. The standard InChI is InChI=1S/C16H23N3O3/c1-17(2)16(21)13-11-19(10-9-18(13)3)15(20)12-7-5-6-8-14(12)22-4/h5-8,13H,9-11H2,1-4H3/t13-/m0/s1. The first-order valence-corrected chi connectivity index (χ1v) is 7.29. The van der Waals surface area contributed by atoms with Crippen LogP contribution in [0.2, 0.25) is 0 Å². The molecule has 22 heavy (non-hydrogen) atoms. The van der Waals surface area contributed by atoms with Crippen LogP contribution >= 0.6 is 0 Å². The summed E-state index contributed by atoms with van der Waals surface area (Å²) in [5.74, 6) is 0.476. The predicted octanol–water partition coefficient (Wildman–Crippen LogP) is 0.540. The van der Waals surface area contributed by atoms with Gasteiger partial charge in [0.15, 0.2) is 0 Å². The second kappa shape index (κ2) is 6.79. The fourth-order valence-electron chi connectivity index (χ4n) is 2.61. The molecule has 6 heteroatoms. The van der Waals surface area contributed by atoms with Crippen molar-refractivity contribution in [1.82, 2.24) is 14.7 Å². The summed E-state index contributed by atoms with van der Waals surface area (Å²) in [5, 5.41) is 0. The van der Waals surface area contributed by atoms with Crippen molar-refractivity contribution in [3.8, 4) is 5.75 Å². The van der Waals surface area contributed by atoms with E-state index in [-0.39, 0.29) is 17.9 Å². The topological polar surface area (TPSA) is 53.1 Å². The quantitative estimate of drug-likeness (QED) is 0.818. The first-order valence-electron chi connectivity index (χ1n) is 7.29. The Labute approximate surface area is 131 Å². The van der Waals surface area contributed by atoms with Crippen LogP contribution in [0.25, 0.3) is 0 Å². The molecule has 0 N–H and O–H groups in total. The summed E-state index contributed by atoms with van der Waals surface area (Å²) in [6, 6.07) is 6.86. The molecule has 1 fully saturated rings. The molecule has 0 aromatic heterocycles. The maximum absolute atomic E-state index is 12.7. The number of nitrogens with zero attached hydrogens (tertiary/aromatic N) is 3. The fourth-order valence-corrected chi connectivity index (χ4v) is 2.61. The number of amides is 2. The van der Waals surface area contributed by atoms with Crippen LogP contribution in [0.1, 0.15) is 10.4 Å². The van der Waals surface area contributed by atoms with Crippen LogP contribution in [-0.4, -0.2) is 80.4 Å². The number of methoxy groups -OCH3 is 1. The van der Waals surface area contributed by atoms with Crippen LogP contribution in [-0.2, 0) is 4.79 Å². The van der Waals surface area contributed by atoms with E-state index in [2.05, 4.69) is 0 Å². The smallest absolute Gasteiger partial charge is 0.257 e. The highest BCUT2D eigenvalue weighted by Gasteiger charge is 2.33. The van der Waals surface area contributed by atoms with Gasteiger partial charge in [0.2, 0.25) is 5.91 Å². The Balaban J connectivity index is 2.18. The summed E-state index contributed by atoms with van der Waals surface area (Å²) >= 11 is 0. The zero-order valence-electron chi connectivity index (χ0n) is 13.6. The van der Waals surface area contributed by atoms with Crippen LogP contribution in [0.5, 0.6) is 5.75 Å². The summed E-state index contributed by atoms with van der Waals surface area (Å²) in [4.78, 5) is 30.3. The molecule has 1 aromatic carbocycles. The van der Waals surface area contributed by atoms with E-state index in [1.165, 1.54) is 0 Å². The van der Waals surface area contributed by atoms with Crippen molar-refractivity contribution in [2.24, 2.45) is 0 Å². The summed E-state index contributed by atoms with van der Waals surface area (Å²) < 4.78 is 5.26. The number of para-hydroxylation sites is 1. The van der Waals surface area contributed by atoms with Gasteiger partial charge in [-0.15, -0.1) is 0 Å². The Bertz CT molecular complexity index is 559. The molecule has 1 aromatic rings. The van der Waals surface area contributed by atoms with Crippen molar-refractivity contribution in [2.45, 2.75) is 6.04 Å². The van der Waals surface area contributed by atoms with E-state index in [1.54, 1.807) is 43.1 Å². The minimum Gasteiger partial charge on any atom is -0.496 e. The number of hydrogen-bond donors (Lipinski definition) is 0. The molecule has 0 spiro atoms. The molecule has 0 saturated carbocycles. The van der Waals surface area contributed by atoms with E-state index < -0.39 is 0 Å². The highest BCUT2D eigenvalue weighted by Crippen LogP contribution is 2.21. The zero-order chi connectivity index (χ0) is 16.3. The Morgan fingerprint density at radius 2 is 1.91 bits per heavy atom. The van der Waals surface area contributed by atoms with Gasteiger partial charge in [-0.05, 0) is 19.2 Å². The number of rotatable bonds is 3. The first kappa shape index (κ1) is 16.3. The summed E-state index contributed by atoms with van der Waals surface area (Å²) in [5.41, 5.74) is 0.533. The molecular weight excluding hydrogens is 282 g/mol. The SMILES string of the molecule is COc1ccccc1C(=O)N1CCN(C)[C@H](C(=O)N(C)C)C1. The zero-order valence-corrected chi connectivity index (χ0v) is 13.6. The Kier molecular flexibility index (Phi) is 5.03. The minimum absolute atomic E-state index is 0.0139. The van der Waals surface area contributed by atoms with Gasteiger partial charge in [-0.3, -0.25) is 14.5 Å². The van der Waals surface area contributed by atoms with E-state index in [9.17, 15) is 9.59 Å². The number of benzene rings is 1. The van der Waals surface area contributed by atoms with Gasteiger partial charge >= 0.3 is 0 Å². The average Bonchev–Trinajstić information content (AvgIpc) is 2.53. The van der Waals surface area contributed by atoms with E-state index in [1.807, 2.05) is 24.1 Å². The van der Waals surface area contributed by atoms with Crippen molar-refractivity contribution in [3.05, 3.63) is 29.8 Å². The van der Waals surface area contributed by atoms with Crippen molar-refractivity contribution in [2.75, 3.05) is 47.9 Å². The maximum Gasteiger partial charge on any atom is 0.257 e. The highest BCUT2D eigenvalue weighted by atomic mass is 16.5. The number of ether oxygens (including phenoxy) is 1. The first-order chi connectivity index (χ1) is 10.5. The normalized spacial score (nSPS) is 18.9. The highest BCUT2D eigenvalue weighted by molar-refractivity contribution is 5.97. The molecule has 1 aliphatic rings. The van der Waals surface area contributed by atoms with Crippen molar-refractivity contribution >= 4 is 11.8 Å². The minimum atomic E-state index is -0.303. The number of likely N-dealkylation sites (N-methyl/N-ethyl adjacent to an activating group) is 2. The predicted molar refractivity (Wildman–Crippen MR) is 84.0 cm³/mol. The second-order valence-corrected chi connectivity index (χ2v) is 5.68. The number of piperazine rings is 1. The van der Waals surface area contributed by atoms with Crippen LogP contribution < -0.4 is 4.74 Å². The van der Waals surface area contributed by atoms with Crippen molar-refractivity contribution < 1.29 is 14.3 Å². The van der Waals surface area contributed by atoms with Crippen LogP contribution in [0, 0.1) is 0 Å². The number of carbonyl (C=O) groups excluding carboxylic acids is 2. The molecule has 0 aliphatic carbocycles. The lowest BCUT2D eigenvalue weighted by Gasteiger charge is -2.39. The van der Waals surface area contributed by atoms with E-state index in [0.717, 1.165) is 0 Å². The van der Waals surface area contributed by atoms with Crippen LogP contribution in [0.3, 0.4) is 0 Å². The molecule has 2 rings (SSSR count). The lowest BCUT2D eigenvalue weighted by atomic mass is 10.1. The molecule has 0 radical (unpaired) electrons. The van der Waals surface area contributed by atoms with Crippen LogP contribution in [0.4, 0.5) is 0 Å². The summed E-state index contributed by atoms with van der Waals surface area (Å²) in [6.45, 7) is 1.67. The average molecular weight is 305 g/mol. The molecule has 1 heterocycles. The van der Waals surface area contributed by atoms with Gasteiger partial charge < -0.3 is 14.5 Å². The molecule has 1 aliphatic heterocycles. The molecule has 1 saturated heterocycles. The van der Waals surface area contributed by atoms with Gasteiger partial charge in [-0.2, -0.15) is 0 Å².